The van der Waals surface area contributed by atoms with Crippen LogP contribution in [0.25, 0.3) is 0 Å². The van der Waals surface area contributed by atoms with E-state index in [1.807, 2.05) is 50.3 Å². The lowest BCUT2D eigenvalue weighted by Crippen LogP contribution is -2.24. The molecule has 0 radical (unpaired) electrons. The molecule has 0 saturated heterocycles. The Morgan fingerprint density at radius 2 is 2.27 bits per heavy atom. The van der Waals surface area contributed by atoms with Crippen LogP contribution in [0.1, 0.15) is 29.3 Å². The van der Waals surface area contributed by atoms with Crippen molar-refractivity contribution in [3.05, 3.63) is 47.5 Å². The first-order valence-electron chi connectivity index (χ1n) is 5.20. The van der Waals surface area contributed by atoms with Crippen molar-refractivity contribution in [2.24, 2.45) is 0 Å². The monoisotopic (exact) mass is 203 g/mol. The second-order valence-electron chi connectivity index (χ2n) is 3.48. The van der Waals surface area contributed by atoms with Crippen molar-refractivity contribution < 1.29 is 4.79 Å². The van der Waals surface area contributed by atoms with Crippen molar-refractivity contribution in [2.75, 3.05) is 6.54 Å². The molecule has 0 aliphatic carbocycles. The molecule has 1 aromatic rings. The molecule has 80 valence electrons. The quantitative estimate of drug-likeness (QED) is 0.591. The summed E-state index contributed by atoms with van der Waals surface area (Å²) in [5.74, 6) is 0.00297. The van der Waals surface area contributed by atoms with Gasteiger partial charge in [-0.1, -0.05) is 29.8 Å². The van der Waals surface area contributed by atoms with Crippen LogP contribution in [0.3, 0.4) is 0 Å². The van der Waals surface area contributed by atoms with E-state index in [0.29, 0.717) is 6.54 Å². The van der Waals surface area contributed by atoms with Crippen LogP contribution in [0.5, 0.6) is 0 Å². The van der Waals surface area contributed by atoms with Crippen LogP contribution in [0.4, 0.5) is 0 Å². The van der Waals surface area contributed by atoms with Crippen molar-refractivity contribution in [1.82, 2.24) is 5.32 Å². The summed E-state index contributed by atoms with van der Waals surface area (Å²) in [7, 11) is 0. The molecule has 1 N–H and O–H groups in total. The Bertz CT molecular complexity index is 355. The second-order valence-corrected chi connectivity index (χ2v) is 3.48. The van der Waals surface area contributed by atoms with Crippen LogP contribution in [0, 0.1) is 6.92 Å². The van der Waals surface area contributed by atoms with Gasteiger partial charge in [-0.25, -0.2) is 0 Å². The largest absolute Gasteiger partial charge is 0.352 e. The number of carbonyl (C=O) groups excluding carboxylic acids is 1. The van der Waals surface area contributed by atoms with E-state index in [9.17, 15) is 4.79 Å². The molecule has 0 aliphatic heterocycles. The Balaban J connectivity index is 2.47. The molecule has 0 fully saturated rings. The van der Waals surface area contributed by atoms with Gasteiger partial charge in [-0.3, -0.25) is 4.79 Å². The summed E-state index contributed by atoms with van der Waals surface area (Å²) >= 11 is 0. The van der Waals surface area contributed by atoms with Crippen LogP contribution in [-0.2, 0) is 0 Å². The topological polar surface area (TPSA) is 29.1 Å². The molecule has 0 atom stereocenters. The first-order chi connectivity index (χ1) is 7.24. The third-order valence-corrected chi connectivity index (χ3v) is 2.11. The highest BCUT2D eigenvalue weighted by Gasteiger charge is 2.02. The SMILES string of the molecule is C/C=C/CCNC(=O)c1cccc(C)c1. The summed E-state index contributed by atoms with van der Waals surface area (Å²) in [6.07, 6.45) is 4.91. The minimum atomic E-state index is 0.00297. The molecular formula is C13H17NO. The van der Waals surface area contributed by atoms with E-state index in [-0.39, 0.29) is 5.91 Å². The lowest BCUT2D eigenvalue weighted by molar-refractivity contribution is 0.0954. The maximum atomic E-state index is 11.6. The highest BCUT2D eigenvalue weighted by Crippen LogP contribution is 2.03. The maximum absolute atomic E-state index is 11.6. The average Bonchev–Trinajstić information content (AvgIpc) is 2.24. The lowest BCUT2D eigenvalue weighted by atomic mass is 10.1. The van der Waals surface area contributed by atoms with Crippen LogP contribution < -0.4 is 5.32 Å². The van der Waals surface area contributed by atoms with Crippen molar-refractivity contribution in [2.45, 2.75) is 20.3 Å². The standard InChI is InChI=1S/C13H17NO/c1-3-4-5-9-14-13(15)12-8-6-7-11(2)10-12/h3-4,6-8,10H,5,9H2,1-2H3,(H,14,15)/b4-3+. The number of amides is 1. The maximum Gasteiger partial charge on any atom is 0.251 e. The van der Waals surface area contributed by atoms with Crippen molar-refractivity contribution in [1.29, 1.82) is 0 Å². The second kappa shape index (κ2) is 6.02. The van der Waals surface area contributed by atoms with Gasteiger partial charge in [0.05, 0.1) is 0 Å². The van der Waals surface area contributed by atoms with Gasteiger partial charge in [0, 0.05) is 12.1 Å². The van der Waals surface area contributed by atoms with Crippen LogP contribution in [0.15, 0.2) is 36.4 Å². The van der Waals surface area contributed by atoms with Gasteiger partial charge >= 0.3 is 0 Å². The number of carbonyl (C=O) groups is 1. The molecule has 2 heteroatoms. The number of benzene rings is 1. The fourth-order valence-corrected chi connectivity index (χ4v) is 1.32. The molecule has 2 nitrogen and oxygen atoms in total. The normalized spacial score (nSPS) is 10.5. The Labute approximate surface area is 91.0 Å². The molecule has 0 aliphatic rings. The number of hydrogen-bond acceptors (Lipinski definition) is 1. The van der Waals surface area contributed by atoms with Crippen molar-refractivity contribution in [3.8, 4) is 0 Å². The van der Waals surface area contributed by atoms with Gasteiger partial charge in [-0.2, -0.15) is 0 Å². The Kier molecular flexibility index (Phi) is 4.61. The Morgan fingerprint density at radius 3 is 2.93 bits per heavy atom. The lowest BCUT2D eigenvalue weighted by Gasteiger charge is -2.03. The van der Waals surface area contributed by atoms with E-state index < -0.39 is 0 Å². The van der Waals surface area contributed by atoms with Gasteiger partial charge in [0.25, 0.3) is 5.91 Å². The fourth-order valence-electron chi connectivity index (χ4n) is 1.32. The van der Waals surface area contributed by atoms with E-state index in [2.05, 4.69) is 5.32 Å². The zero-order chi connectivity index (χ0) is 11.1. The summed E-state index contributed by atoms with van der Waals surface area (Å²) < 4.78 is 0. The molecular weight excluding hydrogens is 186 g/mol. The van der Waals surface area contributed by atoms with Crippen LogP contribution >= 0.6 is 0 Å². The van der Waals surface area contributed by atoms with Crippen LogP contribution in [0.2, 0.25) is 0 Å². The molecule has 0 heterocycles. The van der Waals surface area contributed by atoms with E-state index in [4.69, 9.17) is 0 Å². The van der Waals surface area contributed by atoms with Gasteiger partial charge in [0.2, 0.25) is 0 Å². The third kappa shape index (κ3) is 3.98. The van der Waals surface area contributed by atoms with Gasteiger partial charge in [0.1, 0.15) is 0 Å². The predicted molar refractivity (Wildman–Crippen MR) is 62.9 cm³/mol. The summed E-state index contributed by atoms with van der Waals surface area (Å²) in [5.41, 5.74) is 1.84. The number of rotatable bonds is 4. The zero-order valence-corrected chi connectivity index (χ0v) is 9.29. The zero-order valence-electron chi connectivity index (χ0n) is 9.29. The molecule has 0 aromatic heterocycles. The van der Waals surface area contributed by atoms with E-state index in [0.717, 1.165) is 17.5 Å². The van der Waals surface area contributed by atoms with Gasteiger partial charge in [-0.05, 0) is 32.4 Å². The smallest absolute Gasteiger partial charge is 0.251 e. The fraction of sp³-hybridized carbons (Fsp3) is 0.308. The minimum Gasteiger partial charge on any atom is -0.352 e. The summed E-state index contributed by atoms with van der Waals surface area (Å²) in [6.45, 7) is 4.65. The molecule has 0 bridgehead atoms. The molecule has 1 aromatic carbocycles. The first-order valence-corrected chi connectivity index (χ1v) is 5.20. The van der Waals surface area contributed by atoms with Crippen molar-refractivity contribution >= 4 is 5.91 Å². The number of hydrogen-bond donors (Lipinski definition) is 1. The Morgan fingerprint density at radius 1 is 1.47 bits per heavy atom. The van der Waals surface area contributed by atoms with Crippen molar-refractivity contribution in [3.63, 3.8) is 0 Å². The minimum absolute atomic E-state index is 0.00297. The van der Waals surface area contributed by atoms with E-state index in [1.165, 1.54) is 0 Å². The van der Waals surface area contributed by atoms with Gasteiger partial charge < -0.3 is 5.32 Å². The third-order valence-electron chi connectivity index (χ3n) is 2.11. The van der Waals surface area contributed by atoms with Gasteiger partial charge in [-0.15, -0.1) is 0 Å². The average molecular weight is 203 g/mol. The molecule has 15 heavy (non-hydrogen) atoms. The molecule has 0 unspecified atom stereocenters. The molecule has 0 saturated carbocycles. The highest BCUT2D eigenvalue weighted by atomic mass is 16.1. The summed E-state index contributed by atoms with van der Waals surface area (Å²) in [6, 6.07) is 7.61. The highest BCUT2D eigenvalue weighted by molar-refractivity contribution is 5.94. The number of allylic oxidation sites excluding steroid dienone is 1. The first kappa shape index (κ1) is 11.5. The number of nitrogens with one attached hydrogen (secondary N) is 1. The summed E-state index contributed by atoms with van der Waals surface area (Å²) in [4.78, 5) is 11.6. The van der Waals surface area contributed by atoms with E-state index in [1.54, 1.807) is 0 Å². The summed E-state index contributed by atoms with van der Waals surface area (Å²) in [5, 5.41) is 2.87. The number of aryl methyl sites for hydroxylation is 1. The molecule has 1 amide bonds. The molecule has 0 spiro atoms. The Hall–Kier alpha value is -1.57. The predicted octanol–water partition coefficient (Wildman–Crippen LogP) is 2.69. The van der Waals surface area contributed by atoms with E-state index >= 15 is 0 Å². The van der Waals surface area contributed by atoms with Crippen LogP contribution in [-0.4, -0.2) is 12.5 Å². The molecule has 1 rings (SSSR count). The van der Waals surface area contributed by atoms with Gasteiger partial charge in [0.15, 0.2) is 0 Å².